The summed E-state index contributed by atoms with van der Waals surface area (Å²) in [5.41, 5.74) is 2.44. The van der Waals surface area contributed by atoms with Gasteiger partial charge < -0.3 is 5.32 Å². The predicted molar refractivity (Wildman–Crippen MR) is 105 cm³/mol. The molecule has 4 unspecified atom stereocenters. The van der Waals surface area contributed by atoms with E-state index < -0.39 is 0 Å². The van der Waals surface area contributed by atoms with Crippen molar-refractivity contribution in [1.82, 2.24) is 10.2 Å². The van der Waals surface area contributed by atoms with Crippen molar-refractivity contribution in [3.63, 3.8) is 0 Å². The first-order chi connectivity index (χ1) is 12.6. The van der Waals surface area contributed by atoms with Crippen LogP contribution in [0.2, 0.25) is 5.02 Å². The first kappa shape index (κ1) is 17.6. The summed E-state index contributed by atoms with van der Waals surface area (Å²) >= 11 is 6.27. The number of hydrogen-bond donors (Lipinski definition) is 1. The third kappa shape index (κ3) is 3.65. The molecule has 4 heteroatoms. The molecule has 2 fully saturated rings. The van der Waals surface area contributed by atoms with Gasteiger partial charge in [0, 0.05) is 36.1 Å². The molecule has 0 bridgehead atoms. The summed E-state index contributed by atoms with van der Waals surface area (Å²) in [5.74, 6) is 0.550. The Morgan fingerprint density at radius 2 is 1.88 bits per heavy atom. The number of rotatable bonds is 5. The second-order valence-electron chi connectivity index (χ2n) is 7.55. The zero-order chi connectivity index (χ0) is 18.1. The molecule has 2 aromatic carbocycles. The van der Waals surface area contributed by atoms with Crippen molar-refractivity contribution in [3.8, 4) is 0 Å². The number of benzene rings is 2. The largest absolute Gasteiger partial charge is 0.352 e. The van der Waals surface area contributed by atoms with E-state index in [0.29, 0.717) is 6.04 Å². The highest BCUT2D eigenvalue weighted by Crippen LogP contribution is 2.49. The van der Waals surface area contributed by atoms with Crippen molar-refractivity contribution in [1.29, 1.82) is 0 Å². The lowest BCUT2D eigenvalue weighted by Crippen LogP contribution is -2.38. The Bertz CT molecular complexity index is 779. The summed E-state index contributed by atoms with van der Waals surface area (Å²) < 4.78 is 0. The summed E-state index contributed by atoms with van der Waals surface area (Å²) in [6, 6.07) is 19.1. The number of nitrogens with zero attached hydrogens (tertiary/aromatic N) is 1. The quantitative estimate of drug-likeness (QED) is 0.848. The molecular formula is C22H25ClN2O. The van der Waals surface area contributed by atoms with Crippen molar-refractivity contribution in [2.24, 2.45) is 5.92 Å². The fourth-order valence-electron chi connectivity index (χ4n) is 4.11. The van der Waals surface area contributed by atoms with Gasteiger partial charge in [0.15, 0.2) is 0 Å². The smallest absolute Gasteiger partial charge is 0.224 e. The molecule has 3 nitrogen and oxygen atoms in total. The Hall–Kier alpha value is -1.84. The van der Waals surface area contributed by atoms with E-state index in [1.807, 2.05) is 30.3 Å². The van der Waals surface area contributed by atoms with Gasteiger partial charge in [0.2, 0.25) is 5.91 Å². The number of carbonyl (C=O) groups excluding carboxylic acids is 1. The van der Waals surface area contributed by atoms with E-state index >= 15 is 0 Å². The molecule has 1 amide bonds. The summed E-state index contributed by atoms with van der Waals surface area (Å²) in [7, 11) is 0. The number of nitrogens with one attached hydrogen (secondary N) is 1. The monoisotopic (exact) mass is 368 g/mol. The van der Waals surface area contributed by atoms with Crippen LogP contribution in [0.4, 0.5) is 0 Å². The van der Waals surface area contributed by atoms with Gasteiger partial charge in [-0.05, 0) is 42.9 Å². The van der Waals surface area contributed by atoms with Crippen LogP contribution < -0.4 is 5.32 Å². The van der Waals surface area contributed by atoms with Crippen LogP contribution in [0, 0.1) is 5.92 Å². The van der Waals surface area contributed by atoms with Crippen molar-refractivity contribution < 1.29 is 4.79 Å². The van der Waals surface area contributed by atoms with Gasteiger partial charge in [-0.1, -0.05) is 60.1 Å². The van der Waals surface area contributed by atoms with E-state index in [1.54, 1.807) is 0 Å². The molecule has 0 spiro atoms. The molecule has 4 atom stereocenters. The van der Waals surface area contributed by atoms with Crippen LogP contribution in [-0.4, -0.2) is 29.9 Å². The second kappa shape index (κ2) is 7.42. The highest BCUT2D eigenvalue weighted by atomic mass is 35.5. The van der Waals surface area contributed by atoms with Crippen LogP contribution in [0.5, 0.6) is 0 Å². The molecule has 1 aliphatic heterocycles. The number of halogens is 1. The zero-order valence-corrected chi connectivity index (χ0v) is 15.8. The van der Waals surface area contributed by atoms with Gasteiger partial charge in [0.05, 0.1) is 0 Å². The van der Waals surface area contributed by atoms with Crippen LogP contribution >= 0.6 is 11.6 Å². The van der Waals surface area contributed by atoms with Gasteiger partial charge in [-0.15, -0.1) is 0 Å². The summed E-state index contributed by atoms with van der Waals surface area (Å²) in [6.07, 6.45) is 1.93. The minimum absolute atomic E-state index is 0.0792. The summed E-state index contributed by atoms with van der Waals surface area (Å²) in [5, 5.41) is 4.05. The zero-order valence-electron chi connectivity index (χ0n) is 15.1. The first-order valence-electron chi connectivity index (χ1n) is 9.47. The van der Waals surface area contributed by atoms with E-state index in [-0.39, 0.29) is 23.8 Å². The fourth-order valence-corrected chi connectivity index (χ4v) is 4.39. The lowest BCUT2D eigenvalue weighted by molar-refractivity contribution is -0.123. The van der Waals surface area contributed by atoms with E-state index in [9.17, 15) is 4.79 Å². The van der Waals surface area contributed by atoms with E-state index in [2.05, 4.69) is 41.4 Å². The molecule has 2 aromatic rings. The van der Waals surface area contributed by atoms with E-state index in [1.165, 1.54) is 5.56 Å². The third-order valence-electron chi connectivity index (χ3n) is 5.83. The Kier molecular flexibility index (Phi) is 5.01. The standard InChI is InChI=1S/C22H25ClN2O/c1-15(16-7-3-2-4-8-16)25-12-11-17(14-25)24-22(26)20-13-19(20)18-9-5-6-10-21(18)23/h2-10,15,17,19-20H,11-14H2,1H3,(H,24,26). The Labute approximate surface area is 160 Å². The normalized spacial score (nSPS) is 26.5. The maximum atomic E-state index is 12.6. The van der Waals surface area contributed by atoms with E-state index in [4.69, 9.17) is 11.6 Å². The van der Waals surface area contributed by atoms with Crippen molar-refractivity contribution >= 4 is 17.5 Å². The van der Waals surface area contributed by atoms with Gasteiger partial charge >= 0.3 is 0 Å². The molecule has 1 saturated heterocycles. The molecule has 1 aliphatic carbocycles. The highest BCUT2D eigenvalue weighted by Gasteiger charge is 2.45. The Morgan fingerprint density at radius 1 is 1.15 bits per heavy atom. The van der Waals surface area contributed by atoms with Crippen LogP contribution in [0.1, 0.15) is 42.9 Å². The fraction of sp³-hybridized carbons (Fsp3) is 0.409. The molecule has 26 heavy (non-hydrogen) atoms. The second-order valence-corrected chi connectivity index (χ2v) is 7.95. The van der Waals surface area contributed by atoms with Gasteiger partial charge in [-0.3, -0.25) is 9.69 Å². The van der Waals surface area contributed by atoms with Crippen molar-refractivity contribution in [2.75, 3.05) is 13.1 Å². The van der Waals surface area contributed by atoms with Crippen molar-refractivity contribution in [3.05, 3.63) is 70.7 Å². The highest BCUT2D eigenvalue weighted by molar-refractivity contribution is 6.31. The Balaban J connectivity index is 1.31. The predicted octanol–water partition coefficient (Wildman–Crippen LogP) is 4.40. The minimum Gasteiger partial charge on any atom is -0.352 e. The molecule has 136 valence electrons. The topological polar surface area (TPSA) is 32.3 Å². The third-order valence-corrected chi connectivity index (χ3v) is 6.17. The molecule has 0 radical (unpaired) electrons. The van der Waals surface area contributed by atoms with Crippen LogP contribution in [-0.2, 0) is 4.79 Å². The number of hydrogen-bond acceptors (Lipinski definition) is 2. The molecule has 1 N–H and O–H groups in total. The van der Waals surface area contributed by atoms with Gasteiger partial charge in [0.1, 0.15) is 0 Å². The van der Waals surface area contributed by atoms with Gasteiger partial charge in [-0.2, -0.15) is 0 Å². The number of likely N-dealkylation sites (tertiary alicyclic amines) is 1. The molecule has 4 rings (SSSR count). The maximum absolute atomic E-state index is 12.6. The summed E-state index contributed by atoms with van der Waals surface area (Å²) in [6.45, 7) is 4.19. The van der Waals surface area contributed by atoms with Crippen LogP contribution in [0.3, 0.4) is 0 Å². The van der Waals surface area contributed by atoms with E-state index in [0.717, 1.165) is 36.5 Å². The lowest BCUT2D eigenvalue weighted by atomic mass is 10.1. The molecule has 0 aromatic heterocycles. The Morgan fingerprint density at radius 3 is 2.65 bits per heavy atom. The van der Waals surface area contributed by atoms with Crippen molar-refractivity contribution in [2.45, 2.75) is 37.8 Å². The molecule has 2 aliphatic rings. The minimum atomic E-state index is 0.0792. The van der Waals surface area contributed by atoms with Crippen LogP contribution in [0.25, 0.3) is 0 Å². The maximum Gasteiger partial charge on any atom is 0.224 e. The average molecular weight is 369 g/mol. The first-order valence-corrected chi connectivity index (χ1v) is 9.85. The number of amides is 1. The number of carbonyl (C=O) groups is 1. The van der Waals surface area contributed by atoms with Gasteiger partial charge in [0.25, 0.3) is 0 Å². The lowest BCUT2D eigenvalue weighted by Gasteiger charge is -2.24. The molecule has 1 saturated carbocycles. The SMILES string of the molecule is CC(c1ccccc1)N1CCC(NC(=O)C2CC2c2ccccc2Cl)C1. The average Bonchev–Trinajstić information content (AvgIpc) is 3.33. The molecular weight excluding hydrogens is 344 g/mol. The molecule has 1 heterocycles. The summed E-state index contributed by atoms with van der Waals surface area (Å²) in [4.78, 5) is 15.1. The van der Waals surface area contributed by atoms with Gasteiger partial charge in [-0.25, -0.2) is 0 Å². The van der Waals surface area contributed by atoms with Crippen LogP contribution in [0.15, 0.2) is 54.6 Å².